The molecule has 0 bridgehead atoms. The van der Waals surface area contributed by atoms with Crippen LogP contribution in [0.15, 0.2) is 53.4 Å². The van der Waals surface area contributed by atoms with E-state index in [1.165, 1.54) is 33.2 Å². The van der Waals surface area contributed by atoms with Gasteiger partial charge in [-0.3, -0.25) is 9.59 Å². The second-order valence-corrected chi connectivity index (χ2v) is 7.95. The molecule has 132 valence electrons. The van der Waals surface area contributed by atoms with E-state index in [1.807, 2.05) is 0 Å². The van der Waals surface area contributed by atoms with Crippen molar-refractivity contribution in [3.63, 3.8) is 0 Å². The number of nitrogens with zero attached hydrogens (tertiary/aromatic N) is 1. The summed E-state index contributed by atoms with van der Waals surface area (Å²) in [5.74, 6) is -0.322. The van der Waals surface area contributed by atoms with Crippen molar-refractivity contribution in [3.8, 4) is 0 Å². The molecule has 0 spiro atoms. The number of nitrogens with one attached hydrogen (secondary N) is 1. The zero-order valence-electron chi connectivity index (χ0n) is 14.3. The molecule has 2 aromatic rings. The van der Waals surface area contributed by atoms with Gasteiger partial charge in [0.25, 0.3) is 0 Å². The Labute approximate surface area is 147 Å². The molecule has 0 aromatic heterocycles. The summed E-state index contributed by atoms with van der Waals surface area (Å²) in [7, 11) is -0.554. The van der Waals surface area contributed by atoms with Crippen LogP contribution in [0.25, 0.3) is 0 Å². The van der Waals surface area contributed by atoms with Gasteiger partial charge in [0.15, 0.2) is 5.78 Å². The van der Waals surface area contributed by atoms with E-state index in [2.05, 4.69) is 5.32 Å². The summed E-state index contributed by atoms with van der Waals surface area (Å²) < 4.78 is 25.2. The molecule has 2 rings (SSSR count). The monoisotopic (exact) mass is 360 g/mol. The van der Waals surface area contributed by atoms with Crippen molar-refractivity contribution >= 4 is 27.4 Å². The topological polar surface area (TPSA) is 83.5 Å². The first-order chi connectivity index (χ1) is 11.7. The third-order valence-electron chi connectivity index (χ3n) is 3.62. The standard InChI is InChI=1S/C18H20N2O4S/c1-13(21)15-5-4-6-16(12-15)19-18(22)11-14-7-9-17(10-8-14)25(23,24)20(2)3/h4-10,12H,11H2,1-3H3,(H,19,22). The average Bonchev–Trinajstić information content (AvgIpc) is 2.55. The molecule has 1 amide bonds. The van der Waals surface area contributed by atoms with Gasteiger partial charge in [-0.15, -0.1) is 0 Å². The Balaban J connectivity index is 2.06. The summed E-state index contributed by atoms with van der Waals surface area (Å²) >= 11 is 0. The highest BCUT2D eigenvalue weighted by molar-refractivity contribution is 7.89. The van der Waals surface area contributed by atoms with Crippen molar-refractivity contribution in [1.82, 2.24) is 4.31 Å². The maximum Gasteiger partial charge on any atom is 0.242 e. The SMILES string of the molecule is CC(=O)c1cccc(NC(=O)Cc2ccc(S(=O)(=O)N(C)C)cc2)c1. The highest BCUT2D eigenvalue weighted by Gasteiger charge is 2.16. The van der Waals surface area contributed by atoms with E-state index < -0.39 is 10.0 Å². The fourth-order valence-electron chi connectivity index (χ4n) is 2.20. The van der Waals surface area contributed by atoms with Crippen LogP contribution in [0.3, 0.4) is 0 Å². The summed E-state index contributed by atoms with van der Waals surface area (Å²) in [4.78, 5) is 23.7. The number of rotatable bonds is 6. The van der Waals surface area contributed by atoms with E-state index in [1.54, 1.807) is 36.4 Å². The zero-order chi connectivity index (χ0) is 18.6. The van der Waals surface area contributed by atoms with Gasteiger partial charge in [-0.2, -0.15) is 0 Å². The number of carbonyl (C=O) groups is 2. The van der Waals surface area contributed by atoms with Gasteiger partial charge in [-0.1, -0.05) is 24.3 Å². The van der Waals surface area contributed by atoms with Crippen LogP contribution in [0.1, 0.15) is 22.8 Å². The lowest BCUT2D eigenvalue weighted by Gasteiger charge is -2.11. The van der Waals surface area contributed by atoms with E-state index in [9.17, 15) is 18.0 Å². The van der Waals surface area contributed by atoms with Crippen LogP contribution >= 0.6 is 0 Å². The number of anilines is 1. The smallest absolute Gasteiger partial charge is 0.242 e. The first kappa shape index (κ1) is 18.8. The van der Waals surface area contributed by atoms with Crippen molar-refractivity contribution < 1.29 is 18.0 Å². The van der Waals surface area contributed by atoms with Gasteiger partial charge in [0.2, 0.25) is 15.9 Å². The van der Waals surface area contributed by atoms with Gasteiger partial charge in [-0.25, -0.2) is 12.7 Å². The molecule has 7 heteroatoms. The predicted molar refractivity (Wildman–Crippen MR) is 96.1 cm³/mol. The molecule has 0 aliphatic heterocycles. The Bertz CT molecular complexity index is 888. The van der Waals surface area contributed by atoms with Crippen LogP contribution in [-0.4, -0.2) is 38.5 Å². The number of carbonyl (C=O) groups excluding carboxylic acids is 2. The van der Waals surface area contributed by atoms with Gasteiger partial charge in [-0.05, 0) is 36.8 Å². The fourth-order valence-corrected chi connectivity index (χ4v) is 3.10. The summed E-state index contributed by atoms with van der Waals surface area (Å²) in [6.45, 7) is 1.46. The number of ketones is 1. The summed E-state index contributed by atoms with van der Waals surface area (Å²) in [6, 6.07) is 12.9. The highest BCUT2D eigenvalue weighted by atomic mass is 32.2. The number of hydrogen-bond acceptors (Lipinski definition) is 4. The van der Waals surface area contributed by atoms with E-state index in [0.717, 1.165) is 4.31 Å². The molecule has 1 N–H and O–H groups in total. The predicted octanol–water partition coefficient (Wildman–Crippen LogP) is 2.32. The molecule has 0 aliphatic carbocycles. The molecular weight excluding hydrogens is 340 g/mol. The van der Waals surface area contributed by atoms with E-state index in [0.29, 0.717) is 16.8 Å². The van der Waals surface area contributed by atoms with Crippen molar-refractivity contribution in [2.24, 2.45) is 0 Å². The third-order valence-corrected chi connectivity index (χ3v) is 5.45. The lowest BCUT2D eigenvalue weighted by Crippen LogP contribution is -2.22. The second kappa shape index (κ2) is 7.58. The summed E-state index contributed by atoms with van der Waals surface area (Å²) in [5, 5.41) is 2.73. The van der Waals surface area contributed by atoms with Crippen molar-refractivity contribution in [3.05, 3.63) is 59.7 Å². The lowest BCUT2D eigenvalue weighted by atomic mass is 10.1. The van der Waals surface area contributed by atoms with Crippen molar-refractivity contribution in [2.45, 2.75) is 18.2 Å². The van der Waals surface area contributed by atoms with Gasteiger partial charge in [0.1, 0.15) is 0 Å². The Kier molecular flexibility index (Phi) is 5.71. The van der Waals surface area contributed by atoms with Gasteiger partial charge in [0.05, 0.1) is 11.3 Å². The normalized spacial score (nSPS) is 11.4. The molecule has 0 saturated carbocycles. The molecule has 25 heavy (non-hydrogen) atoms. The second-order valence-electron chi connectivity index (χ2n) is 5.79. The molecule has 2 aromatic carbocycles. The number of Topliss-reactive ketones (excluding diaryl/α,β-unsaturated/α-hetero) is 1. The van der Waals surface area contributed by atoms with Gasteiger partial charge < -0.3 is 5.32 Å². The minimum absolute atomic E-state index is 0.0752. The molecule has 0 saturated heterocycles. The number of amides is 1. The zero-order valence-corrected chi connectivity index (χ0v) is 15.1. The molecule has 0 unspecified atom stereocenters. The molecule has 0 atom stereocenters. The molecule has 0 radical (unpaired) electrons. The van der Waals surface area contributed by atoms with E-state index >= 15 is 0 Å². The Hall–Kier alpha value is -2.51. The maximum atomic E-state index is 12.1. The van der Waals surface area contributed by atoms with E-state index in [-0.39, 0.29) is 23.0 Å². The number of hydrogen-bond donors (Lipinski definition) is 1. The van der Waals surface area contributed by atoms with Crippen LogP contribution in [0.4, 0.5) is 5.69 Å². The van der Waals surface area contributed by atoms with Crippen LogP contribution in [0.5, 0.6) is 0 Å². The van der Waals surface area contributed by atoms with Crippen LogP contribution in [-0.2, 0) is 21.2 Å². The summed E-state index contributed by atoms with van der Waals surface area (Å²) in [6.07, 6.45) is 0.104. The first-order valence-electron chi connectivity index (χ1n) is 7.62. The minimum atomic E-state index is -3.48. The molecule has 0 fully saturated rings. The average molecular weight is 360 g/mol. The number of sulfonamides is 1. The maximum absolute atomic E-state index is 12.1. The number of benzene rings is 2. The molecule has 6 nitrogen and oxygen atoms in total. The van der Waals surface area contributed by atoms with Gasteiger partial charge >= 0.3 is 0 Å². The van der Waals surface area contributed by atoms with Crippen LogP contribution < -0.4 is 5.32 Å². The first-order valence-corrected chi connectivity index (χ1v) is 9.06. The van der Waals surface area contributed by atoms with Crippen molar-refractivity contribution in [1.29, 1.82) is 0 Å². The lowest BCUT2D eigenvalue weighted by molar-refractivity contribution is -0.115. The van der Waals surface area contributed by atoms with Gasteiger partial charge in [0, 0.05) is 25.3 Å². The van der Waals surface area contributed by atoms with Crippen LogP contribution in [0.2, 0.25) is 0 Å². The van der Waals surface area contributed by atoms with E-state index in [4.69, 9.17) is 0 Å². The Morgan fingerprint density at radius 2 is 1.68 bits per heavy atom. The minimum Gasteiger partial charge on any atom is -0.326 e. The quantitative estimate of drug-likeness (QED) is 0.802. The molecule has 0 heterocycles. The molecule has 0 aliphatic rings. The Morgan fingerprint density at radius 3 is 2.24 bits per heavy atom. The largest absolute Gasteiger partial charge is 0.326 e. The third kappa shape index (κ3) is 4.74. The summed E-state index contributed by atoms with van der Waals surface area (Å²) in [5.41, 5.74) is 1.76. The Morgan fingerprint density at radius 1 is 1.04 bits per heavy atom. The van der Waals surface area contributed by atoms with Crippen molar-refractivity contribution in [2.75, 3.05) is 19.4 Å². The van der Waals surface area contributed by atoms with Crippen LogP contribution in [0, 0.1) is 0 Å². The molecular formula is C18H20N2O4S. The fraction of sp³-hybridized carbons (Fsp3) is 0.222. The highest BCUT2D eigenvalue weighted by Crippen LogP contribution is 2.15.